The van der Waals surface area contributed by atoms with Crippen LogP contribution in [0, 0.1) is 11.7 Å². The number of hydrogen-bond donors (Lipinski definition) is 0. The molecule has 1 aromatic heterocycles. The second-order valence-electron chi connectivity index (χ2n) is 5.41. The average Bonchev–Trinajstić information content (AvgIpc) is 2.38. The Hall–Kier alpha value is -0.830. The predicted molar refractivity (Wildman–Crippen MR) is 71.5 cm³/mol. The highest BCUT2D eigenvalue weighted by molar-refractivity contribution is 6.30. The van der Waals surface area contributed by atoms with Crippen LogP contribution in [0.2, 0.25) is 5.02 Å². The summed E-state index contributed by atoms with van der Waals surface area (Å²) >= 11 is 5.77. The summed E-state index contributed by atoms with van der Waals surface area (Å²) < 4.78 is 14.0. The number of fused-ring (bicyclic) bond motifs is 1. The van der Waals surface area contributed by atoms with Crippen LogP contribution in [-0.4, -0.2) is 17.6 Å². The number of piperidine rings is 1. The molecule has 2 heterocycles. The van der Waals surface area contributed by atoms with E-state index in [1.165, 1.54) is 38.2 Å². The molecular formula is C14H18ClFN2. The van der Waals surface area contributed by atoms with E-state index >= 15 is 0 Å². The van der Waals surface area contributed by atoms with Gasteiger partial charge in [0.25, 0.3) is 0 Å². The van der Waals surface area contributed by atoms with Gasteiger partial charge in [-0.1, -0.05) is 24.4 Å². The van der Waals surface area contributed by atoms with Gasteiger partial charge in [-0.15, -0.1) is 0 Å². The third-order valence-electron chi connectivity index (χ3n) is 4.30. The van der Waals surface area contributed by atoms with Gasteiger partial charge in [-0.25, -0.2) is 9.37 Å². The highest BCUT2D eigenvalue weighted by Gasteiger charge is 2.34. The molecule has 1 aliphatic carbocycles. The Morgan fingerprint density at radius 2 is 2.00 bits per heavy atom. The topological polar surface area (TPSA) is 16.1 Å². The van der Waals surface area contributed by atoms with Crippen LogP contribution in [0.15, 0.2) is 12.3 Å². The Kier molecular flexibility index (Phi) is 3.42. The molecule has 0 spiro atoms. The third-order valence-corrected chi connectivity index (χ3v) is 4.51. The van der Waals surface area contributed by atoms with Gasteiger partial charge in [0.15, 0.2) is 11.6 Å². The number of hydrogen-bond acceptors (Lipinski definition) is 2. The molecule has 2 nitrogen and oxygen atoms in total. The van der Waals surface area contributed by atoms with Crippen molar-refractivity contribution < 1.29 is 4.39 Å². The summed E-state index contributed by atoms with van der Waals surface area (Å²) in [5, 5.41) is 0.369. The van der Waals surface area contributed by atoms with Gasteiger partial charge in [0.05, 0.1) is 5.02 Å². The zero-order valence-electron chi connectivity index (χ0n) is 10.4. The molecule has 0 bridgehead atoms. The van der Waals surface area contributed by atoms with E-state index in [9.17, 15) is 4.39 Å². The second kappa shape index (κ2) is 5.04. The van der Waals surface area contributed by atoms with Crippen LogP contribution >= 0.6 is 11.6 Å². The van der Waals surface area contributed by atoms with Crippen molar-refractivity contribution in [1.29, 1.82) is 0 Å². The number of aromatic nitrogens is 1. The lowest BCUT2D eigenvalue weighted by Gasteiger charge is -2.44. The van der Waals surface area contributed by atoms with Crippen LogP contribution in [0.5, 0.6) is 0 Å². The minimum Gasteiger partial charge on any atom is -0.351 e. The highest BCUT2D eigenvalue weighted by Crippen LogP contribution is 2.37. The quantitative estimate of drug-likeness (QED) is 0.764. The van der Waals surface area contributed by atoms with Crippen molar-refractivity contribution in [3.05, 3.63) is 23.1 Å². The maximum Gasteiger partial charge on any atom is 0.167 e. The fourth-order valence-electron chi connectivity index (χ4n) is 3.51. The van der Waals surface area contributed by atoms with Crippen LogP contribution in [0.3, 0.4) is 0 Å². The molecule has 0 radical (unpaired) electrons. The Bertz CT molecular complexity index is 436. The largest absolute Gasteiger partial charge is 0.351 e. The Labute approximate surface area is 112 Å². The summed E-state index contributed by atoms with van der Waals surface area (Å²) in [6.07, 6.45) is 9.02. The first-order chi connectivity index (χ1) is 8.75. The third kappa shape index (κ3) is 2.20. The van der Waals surface area contributed by atoms with E-state index in [1.54, 1.807) is 6.20 Å². The summed E-state index contributed by atoms with van der Waals surface area (Å²) in [7, 11) is 0. The SMILES string of the molecule is Fc1cc(Cl)cnc1N1CCC[C@H]2CCCC[C@H]21. The van der Waals surface area contributed by atoms with E-state index in [0.29, 0.717) is 16.9 Å². The van der Waals surface area contributed by atoms with Crippen molar-refractivity contribution in [3.63, 3.8) is 0 Å². The summed E-state index contributed by atoms with van der Waals surface area (Å²) in [5.74, 6) is 0.939. The number of rotatable bonds is 1. The van der Waals surface area contributed by atoms with Gasteiger partial charge in [-0.3, -0.25) is 0 Å². The molecular weight excluding hydrogens is 251 g/mol. The molecule has 1 aromatic rings. The van der Waals surface area contributed by atoms with Crippen LogP contribution in [0.4, 0.5) is 10.2 Å². The molecule has 98 valence electrons. The summed E-state index contributed by atoms with van der Waals surface area (Å²) in [4.78, 5) is 6.39. The van der Waals surface area contributed by atoms with Crippen molar-refractivity contribution in [2.24, 2.45) is 5.92 Å². The highest BCUT2D eigenvalue weighted by atomic mass is 35.5. The van der Waals surface area contributed by atoms with Crippen molar-refractivity contribution in [2.45, 2.75) is 44.6 Å². The monoisotopic (exact) mass is 268 g/mol. The lowest BCUT2D eigenvalue weighted by Crippen LogP contribution is -2.47. The molecule has 0 N–H and O–H groups in total. The van der Waals surface area contributed by atoms with E-state index < -0.39 is 0 Å². The van der Waals surface area contributed by atoms with Crippen molar-refractivity contribution in [3.8, 4) is 0 Å². The van der Waals surface area contributed by atoms with E-state index in [2.05, 4.69) is 9.88 Å². The lowest BCUT2D eigenvalue weighted by atomic mass is 9.78. The summed E-state index contributed by atoms with van der Waals surface area (Å²) in [5.41, 5.74) is 0. The lowest BCUT2D eigenvalue weighted by molar-refractivity contribution is 0.241. The van der Waals surface area contributed by atoms with Crippen molar-refractivity contribution in [2.75, 3.05) is 11.4 Å². The molecule has 1 aliphatic heterocycles. The average molecular weight is 269 g/mol. The zero-order valence-corrected chi connectivity index (χ0v) is 11.2. The van der Waals surface area contributed by atoms with Gasteiger partial charge in [0.1, 0.15) is 0 Å². The number of nitrogens with zero attached hydrogens (tertiary/aromatic N) is 2. The number of pyridine rings is 1. The molecule has 1 saturated heterocycles. The molecule has 1 saturated carbocycles. The Balaban J connectivity index is 1.89. The van der Waals surface area contributed by atoms with Gasteiger partial charge < -0.3 is 4.90 Å². The molecule has 2 fully saturated rings. The molecule has 2 aliphatic rings. The first-order valence-corrected chi connectivity index (χ1v) is 7.21. The first-order valence-electron chi connectivity index (χ1n) is 6.83. The standard InChI is InChI=1S/C14H18ClFN2/c15-11-8-12(16)14(17-9-11)18-7-3-5-10-4-1-2-6-13(10)18/h8-10,13H,1-7H2/t10-,13-/m1/s1. The number of halogens is 2. The van der Waals surface area contributed by atoms with Gasteiger partial charge in [0.2, 0.25) is 0 Å². The Morgan fingerprint density at radius 1 is 1.22 bits per heavy atom. The summed E-state index contributed by atoms with van der Waals surface area (Å²) in [6.45, 7) is 0.923. The molecule has 3 rings (SSSR count). The summed E-state index contributed by atoms with van der Waals surface area (Å²) in [6, 6.07) is 1.85. The zero-order chi connectivity index (χ0) is 12.5. The minimum absolute atomic E-state index is 0.284. The van der Waals surface area contributed by atoms with E-state index in [0.717, 1.165) is 18.9 Å². The normalized spacial score (nSPS) is 28.0. The van der Waals surface area contributed by atoms with Gasteiger partial charge in [-0.05, 0) is 37.7 Å². The molecule has 2 atom stereocenters. The second-order valence-corrected chi connectivity index (χ2v) is 5.84. The molecule has 18 heavy (non-hydrogen) atoms. The van der Waals surface area contributed by atoms with Crippen molar-refractivity contribution in [1.82, 2.24) is 4.98 Å². The Morgan fingerprint density at radius 3 is 2.83 bits per heavy atom. The van der Waals surface area contributed by atoms with E-state index in [1.807, 2.05) is 0 Å². The van der Waals surface area contributed by atoms with E-state index in [4.69, 9.17) is 11.6 Å². The maximum absolute atomic E-state index is 14.0. The van der Waals surface area contributed by atoms with Crippen LogP contribution in [-0.2, 0) is 0 Å². The smallest absolute Gasteiger partial charge is 0.167 e. The van der Waals surface area contributed by atoms with Crippen LogP contribution < -0.4 is 4.90 Å². The maximum atomic E-state index is 14.0. The van der Waals surface area contributed by atoms with Crippen molar-refractivity contribution >= 4 is 17.4 Å². The predicted octanol–water partition coefficient (Wildman–Crippen LogP) is 4.03. The molecule has 0 aromatic carbocycles. The number of anilines is 1. The molecule has 4 heteroatoms. The van der Waals surface area contributed by atoms with Gasteiger partial charge in [0, 0.05) is 18.8 Å². The van der Waals surface area contributed by atoms with Gasteiger partial charge in [-0.2, -0.15) is 0 Å². The molecule has 0 unspecified atom stereocenters. The van der Waals surface area contributed by atoms with Crippen LogP contribution in [0.1, 0.15) is 38.5 Å². The van der Waals surface area contributed by atoms with Gasteiger partial charge >= 0.3 is 0 Å². The first kappa shape index (κ1) is 12.2. The fourth-order valence-corrected chi connectivity index (χ4v) is 3.65. The molecule has 0 amide bonds. The fraction of sp³-hybridized carbons (Fsp3) is 0.643. The van der Waals surface area contributed by atoms with E-state index in [-0.39, 0.29) is 5.82 Å². The minimum atomic E-state index is -0.284. The van der Waals surface area contributed by atoms with Crippen LogP contribution in [0.25, 0.3) is 0 Å².